The van der Waals surface area contributed by atoms with Crippen molar-refractivity contribution in [3.8, 4) is 16.9 Å². The number of rotatable bonds is 9. The zero-order valence-corrected chi connectivity index (χ0v) is 23.9. The maximum absolute atomic E-state index is 13.0. The second-order valence-electron chi connectivity index (χ2n) is 11.3. The molecular formula is C30H31F3N6O4. The van der Waals surface area contributed by atoms with Crippen LogP contribution in [0.25, 0.3) is 11.1 Å². The molecule has 13 heteroatoms. The number of amides is 1. The zero-order valence-electron chi connectivity index (χ0n) is 23.9. The van der Waals surface area contributed by atoms with Crippen LogP contribution in [0, 0.1) is 12.8 Å². The maximum atomic E-state index is 13.0. The Bertz CT molecular complexity index is 1630. The Labute approximate surface area is 245 Å². The number of halogens is 3. The second kappa shape index (κ2) is 11.4. The molecule has 226 valence electrons. The van der Waals surface area contributed by atoms with Gasteiger partial charge in [-0.3, -0.25) is 9.69 Å². The molecule has 1 fully saturated rings. The lowest BCUT2D eigenvalue weighted by Crippen LogP contribution is -2.33. The van der Waals surface area contributed by atoms with Crippen LogP contribution < -0.4 is 10.1 Å². The summed E-state index contributed by atoms with van der Waals surface area (Å²) in [7, 11) is 0. The summed E-state index contributed by atoms with van der Waals surface area (Å²) in [6, 6.07) is 9.82. The van der Waals surface area contributed by atoms with E-state index in [2.05, 4.69) is 35.2 Å². The maximum Gasteiger partial charge on any atom is 0.573 e. The van der Waals surface area contributed by atoms with Crippen LogP contribution in [0.5, 0.6) is 5.75 Å². The van der Waals surface area contributed by atoms with E-state index in [1.807, 2.05) is 26.0 Å². The molecule has 2 aliphatic rings. The molecule has 2 aromatic heterocycles. The molecule has 2 atom stereocenters. The molecule has 4 aromatic rings. The average molecular weight is 597 g/mol. The number of aryl methyl sites for hydroxylation is 1. The molecule has 1 aliphatic carbocycles. The summed E-state index contributed by atoms with van der Waals surface area (Å²) in [6.45, 7) is 7.73. The minimum atomic E-state index is -4.78. The summed E-state index contributed by atoms with van der Waals surface area (Å²) in [5, 5.41) is 11.0. The Balaban J connectivity index is 1.24. The van der Waals surface area contributed by atoms with Crippen molar-refractivity contribution in [2.75, 3.05) is 6.54 Å². The van der Waals surface area contributed by atoms with Gasteiger partial charge >= 0.3 is 6.36 Å². The van der Waals surface area contributed by atoms with Crippen molar-refractivity contribution in [1.29, 1.82) is 0 Å². The summed E-state index contributed by atoms with van der Waals surface area (Å²) < 4.78 is 53.5. The number of fused-ring (bicyclic) bond motifs is 1. The summed E-state index contributed by atoms with van der Waals surface area (Å²) >= 11 is 0. The van der Waals surface area contributed by atoms with E-state index in [-0.39, 0.29) is 29.4 Å². The van der Waals surface area contributed by atoms with E-state index in [0.717, 1.165) is 22.3 Å². The van der Waals surface area contributed by atoms with Crippen molar-refractivity contribution in [3.63, 3.8) is 0 Å². The number of alkyl halides is 3. The number of carbonyl (C=O) groups is 1. The van der Waals surface area contributed by atoms with Gasteiger partial charge in [0, 0.05) is 25.6 Å². The van der Waals surface area contributed by atoms with Gasteiger partial charge in [-0.15, -0.1) is 13.2 Å². The smallest absolute Gasteiger partial charge is 0.406 e. The van der Waals surface area contributed by atoms with Gasteiger partial charge in [0.25, 0.3) is 0 Å². The van der Waals surface area contributed by atoms with Crippen molar-refractivity contribution in [2.24, 2.45) is 5.92 Å². The third kappa shape index (κ3) is 6.56. The minimum Gasteiger partial charge on any atom is -0.406 e. The first-order valence-corrected chi connectivity index (χ1v) is 14.2. The van der Waals surface area contributed by atoms with Gasteiger partial charge in [0.2, 0.25) is 17.7 Å². The van der Waals surface area contributed by atoms with Crippen LogP contribution in [-0.2, 0) is 30.8 Å². The molecule has 1 unspecified atom stereocenters. The SMILES string of the molecule is Cc1noc([C@H]2CC2C(=O)NCc2ccc(-c3cccc(OC(F)(F)F)c3)c3c2CN(Cc2noc(C(C)C)n2)CC3)n1. The predicted octanol–water partition coefficient (Wildman–Crippen LogP) is 5.43. The van der Waals surface area contributed by atoms with Crippen LogP contribution in [0.4, 0.5) is 13.2 Å². The largest absolute Gasteiger partial charge is 0.573 e. The molecule has 0 bridgehead atoms. The fourth-order valence-corrected chi connectivity index (χ4v) is 5.53. The zero-order chi connectivity index (χ0) is 30.3. The highest BCUT2D eigenvalue weighted by molar-refractivity contribution is 5.82. The molecular weight excluding hydrogens is 565 g/mol. The van der Waals surface area contributed by atoms with E-state index in [0.29, 0.717) is 68.0 Å². The van der Waals surface area contributed by atoms with Gasteiger partial charge in [-0.2, -0.15) is 9.97 Å². The van der Waals surface area contributed by atoms with Crippen molar-refractivity contribution >= 4 is 5.91 Å². The van der Waals surface area contributed by atoms with E-state index in [1.54, 1.807) is 19.1 Å². The number of benzene rings is 2. The molecule has 2 aromatic carbocycles. The van der Waals surface area contributed by atoms with Crippen molar-refractivity contribution in [2.45, 2.75) is 71.4 Å². The van der Waals surface area contributed by atoms with Crippen LogP contribution in [0.1, 0.15) is 72.2 Å². The molecule has 0 saturated heterocycles. The average Bonchev–Trinajstić information content (AvgIpc) is 3.41. The summed E-state index contributed by atoms with van der Waals surface area (Å²) in [5.74, 6) is 1.63. The van der Waals surface area contributed by atoms with Gasteiger partial charge in [-0.25, -0.2) is 0 Å². The van der Waals surface area contributed by atoms with E-state index < -0.39 is 6.36 Å². The highest BCUT2D eigenvalue weighted by atomic mass is 19.4. The molecule has 10 nitrogen and oxygen atoms in total. The third-order valence-electron chi connectivity index (χ3n) is 7.75. The molecule has 0 spiro atoms. The minimum absolute atomic E-state index is 0.0788. The number of hydrogen-bond donors (Lipinski definition) is 1. The lowest BCUT2D eigenvalue weighted by Gasteiger charge is -2.31. The van der Waals surface area contributed by atoms with Gasteiger partial charge < -0.3 is 19.1 Å². The van der Waals surface area contributed by atoms with Gasteiger partial charge in [-0.05, 0) is 59.7 Å². The molecule has 1 N–H and O–H groups in total. The van der Waals surface area contributed by atoms with Crippen LogP contribution in [0.3, 0.4) is 0 Å². The molecule has 0 radical (unpaired) electrons. The third-order valence-corrected chi connectivity index (χ3v) is 7.75. The first-order chi connectivity index (χ1) is 20.5. The number of hydrogen-bond acceptors (Lipinski definition) is 9. The van der Waals surface area contributed by atoms with Crippen LogP contribution in [0.2, 0.25) is 0 Å². The highest BCUT2D eigenvalue weighted by Crippen LogP contribution is 2.47. The highest BCUT2D eigenvalue weighted by Gasteiger charge is 2.47. The van der Waals surface area contributed by atoms with Crippen molar-refractivity contribution in [1.82, 2.24) is 30.5 Å². The molecule has 6 rings (SSSR count). The Kier molecular flexibility index (Phi) is 7.67. The topological polar surface area (TPSA) is 119 Å². The molecule has 1 aliphatic heterocycles. The van der Waals surface area contributed by atoms with Crippen LogP contribution in [0.15, 0.2) is 45.4 Å². The Hall–Kier alpha value is -4.26. The molecule has 1 amide bonds. The molecule has 3 heterocycles. The summed E-state index contributed by atoms with van der Waals surface area (Å²) in [5.41, 5.74) is 4.42. The molecule has 43 heavy (non-hydrogen) atoms. The first kappa shape index (κ1) is 28.8. The number of nitrogens with one attached hydrogen (secondary N) is 1. The van der Waals surface area contributed by atoms with Gasteiger partial charge in [-0.1, -0.05) is 48.4 Å². The normalized spacial score (nSPS) is 18.5. The Morgan fingerprint density at radius 1 is 1.14 bits per heavy atom. The number of nitrogens with zero attached hydrogens (tertiary/aromatic N) is 5. The monoisotopic (exact) mass is 596 g/mol. The van der Waals surface area contributed by atoms with E-state index in [4.69, 9.17) is 9.05 Å². The number of carbonyl (C=O) groups excluding carboxylic acids is 1. The van der Waals surface area contributed by atoms with E-state index in [9.17, 15) is 18.0 Å². The quantitative estimate of drug-likeness (QED) is 0.270. The standard InChI is InChI=1S/C30H31F3N6O4/c1-16(2)28-36-26(38-42-28)15-39-10-9-22-21(18-5-4-6-20(11-18)41-30(31,32)33)8-7-19(25(22)14-39)13-34-27(40)23-12-24(23)29-35-17(3)37-43-29/h4-8,11,16,23-24H,9-10,12-15H2,1-3H3,(H,34,40)/t23?,24-/m0/s1. The Morgan fingerprint density at radius 2 is 1.98 bits per heavy atom. The van der Waals surface area contributed by atoms with Crippen LogP contribution in [-0.4, -0.2) is 44.0 Å². The van der Waals surface area contributed by atoms with Gasteiger partial charge in [0.1, 0.15) is 5.75 Å². The first-order valence-electron chi connectivity index (χ1n) is 14.2. The van der Waals surface area contributed by atoms with Gasteiger partial charge in [0.15, 0.2) is 11.6 Å². The summed E-state index contributed by atoms with van der Waals surface area (Å²) in [4.78, 5) is 23.9. The fraction of sp³-hybridized carbons (Fsp3) is 0.433. The van der Waals surface area contributed by atoms with Crippen LogP contribution >= 0.6 is 0 Å². The number of ether oxygens (including phenoxy) is 1. The fourth-order valence-electron chi connectivity index (χ4n) is 5.53. The lowest BCUT2D eigenvalue weighted by atomic mass is 9.87. The van der Waals surface area contributed by atoms with Gasteiger partial charge in [0.05, 0.1) is 18.4 Å². The van der Waals surface area contributed by atoms with E-state index >= 15 is 0 Å². The number of aromatic nitrogens is 4. The second-order valence-corrected chi connectivity index (χ2v) is 11.3. The molecule has 1 saturated carbocycles. The van der Waals surface area contributed by atoms with E-state index in [1.165, 1.54) is 12.1 Å². The predicted molar refractivity (Wildman–Crippen MR) is 146 cm³/mol. The summed E-state index contributed by atoms with van der Waals surface area (Å²) in [6.07, 6.45) is -3.49. The Morgan fingerprint density at radius 3 is 2.70 bits per heavy atom. The van der Waals surface area contributed by atoms with Crippen molar-refractivity contribution < 1.29 is 31.7 Å². The lowest BCUT2D eigenvalue weighted by molar-refractivity contribution is -0.274. The van der Waals surface area contributed by atoms with Crippen molar-refractivity contribution in [3.05, 3.63) is 76.5 Å².